The maximum absolute atomic E-state index is 14.4. The second-order valence-corrected chi connectivity index (χ2v) is 11.1. The third kappa shape index (κ3) is 6.19. The Hall–Kier alpha value is -3.99. The van der Waals surface area contributed by atoms with Crippen molar-refractivity contribution in [1.29, 1.82) is 0 Å². The van der Waals surface area contributed by atoms with Gasteiger partial charge in [-0.05, 0) is 47.7 Å². The van der Waals surface area contributed by atoms with Crippen LogP contribution >= 0.6 is 11.3 Å². The van der Waals surface area contributed by atoms with Crippen molar-refractivity contribution in [3.8, 4) is 11.5 Å². The Bertz CT molecular complexity index is 1580. The fourth-order valence-corrected chi connectivity index (χ4v) is 5.06. The topological polar surface area (TPSA) is 80.3 Å². The molecular formula is C28H23F4N3O3S. The van der Waals surface area contributed by atoms with Gasteiger partial charge in [-0.3, -0.25) is 9.59 Å². The number of amides is 2. The van der Waals surface area contributed by atoms with Crippen LogP contribution in [0.1, 0.15) is 31.4 Å². The number of benzene rings is 3. The Morgan fingerprint density at radius 2 is 1.77 bits per heavy atom. The number of hydrogen-bond acceptors (Lipinski definition) is 5. The van der Waals surface area contributed by atoms with E-state index < -0.39 is 23.5 Å². The molecule has 2 amide bonds. The predicted molar refractivity (Wildman–Crippen MR) is 140 cm³/mol. The third-order valence-corrected chi connectivity index (χ3v) is 7.42. The molecule has 39 heavy (non-hydrogen) atoms. The van der Waals surface area contributed by atoms with Gasteiger partial charge in [-0.1, -0.05) is 43.4 Å². The van der Waals surface area contributed by atoms with E-state index in [2.05, 4.69) is 15.6 Å². The van der Waals surface area contributed by atoms with E-state index in [1.807, 2.05) is 13.8 Å². The summed E-state index contributed by atoms with van der Waals surface area (Å²) >= 11 is 1.30. The quantitative estimate of drug-likeness (QED) is 0.232. The second kappa shape index (κ2) is 9.96. The minimum absolute atomic E-state index is 0.00739. The van der Waals surface area contributed by atoms with Gasteiger partial charge in [-0.25, -0.2) is 9.37 Å². The number of nitrogens with one attached hydrogen (secondary N) is 2. The summed E-state index contributed by atoms with van der Waals surface area (Å²) < 4.78 is 59.8. The highest BCUT2D eigenvalue weighted by Crippen LogP contribution is 2.52. The second-order valence-electron chi connectivity index (χ2n) is 10.0. The van der Waals surface area contributed by atoms with Crippen molar-refractivity contribution >= 4 is 44.2 Å². The molecule has 6 nitrogen and oxygen atoms in total. The maximum atomic E-state index is 14.4. The number of thiazole rings is 1. The molecule has 1 atom stereocenters. The Morgan fingerprint density at radius 1 is 1.05 bits per heavy atom. The first-order chi connectivity index (χ1) is 18.4. The Balaban J connectivity index is 1.25. The minimum Gasteiger partial charge on any atom is -0.457 e. The van der Waals surface area contributed by atoms with Crippen LogP contribution in [0.5, 0.6) is 11.5 Å². The number of anilines is 2. The molecular weight excluding hydrogens is 534 g/mol. The first-order valence-corrected chi connectivity index (χ1v) is 12.8. The van der Waals surface area contributed by atoms with Gasteiger partial charge >= 0.3 is 6.18 Å². The van der Waals surface area contributed by atoms with Crippen molar-refractivity contribution in [3.05, 3.63) is 77.6 Å². The zero-order chi connectivity index (χ0) is 27.9. The average Bonchev–Trinajstić information content (AvgIpc) is 3.32. The molecule has 5 rings (SSSR count). The van der Waals surface area contributed by atoms with Crippen LogP contribution in [0.4, 0.5) is 28.4 Å². The molecule has 202 valence electrons. The average molecular weight is 558 g/mol. The highest BCUT2D eigenvalue weighted by Gasteiger charge is 2.50. The number of alkyl halides is 3. The molecule has 0 spiro atoms. The van der Waals surface area contributed by atoms with Crippen LogP contribution in [0.25, 0.3) is 10.2 Å². The zero-order valence-electron chi connectivity index (χ0n) is 20.9. The van der Waals surface area contributed by atoms with Crippen molar-refractivity contribution < 1.29 is 31.9 Å². The van der Waals surface area contributed by atoms with Gasteiger partial charge in [0.15, 0.2) is 5.13 Å². The summed E-state index contributed by atoms with van der Waals surface area (Å²) in [6.07, 6.45) is -4.06. The Kier molecular flexibility index (Phi) is 6.79. The van der Waals surface area contributed by atoms with E-state index in [0.717, 1.165) is 29.3 Å². The van der Waals surface area contributed by atoms with Crippen LogP contribution in [0.3, 0.4) is 0 Å². The van der Waals surface area contributed by atoms with Crippen LogP contribution in [0.2, 0.25) is 0 Å². The summed E-state index contributed by atoms with van der Waals surface area (Å²) in [6.45, 7) is 4.09. The lowest BCUT2D eigenvalue weighted by molar-refractivity contribution is -0.137. The summed E-state index contributed by atoms with van der Waals surface area (Å²) in [5.74, 6) is -0.817. The van der Waals surface area contributed by atoms with E-state index in [-0.39, 0.29) is 40.7 Å². The smallest absolute Gasteiger partial charge is 0.416 e. The number of carbonyl (C=O) groups is 2. The van der Waals surface area contributed by atoms with E-state index in [9.17, 15) is 27.2 Å². The van der Waals surface area contributed by atoms with E-state index in [4.69, 9.17) is 4.74 Å². The van der Waals surface area contributed by atoms with Gasteiger partial charge in [0.2, 0.25) is 11.8 Å². The number of halogens is 4. The van der Waals surface area contributed by atoms with Crippen molar-refractivity contribution in [2.24, 2.45) is 11.3 Å². The molecule has 1 aliphatic rings. The highest BCUT2D eigenvalue weighted by molar-refractivity contribution is 7.22. The lowest BCUT2D eigenvalue weighted by Crippen LogP contribution is -2.16. The Labute approximate surface area is 225 Å². The number of ether oxygens (including phenoxy) is 1. The molecule has 0 saturated heterocycles. The molecule has 1 fully saturated rings. The molecule has 0 aliphatic heterocycles. The monoisotopic (exact) mass is 557 g/mol. The van der Waals surface area contributed by atoms with Gasteiger partial charge in [0.25, 0.3) is 0 Å². The standard InChI is InChI=1S/C28H23F4N3O3S/c1-27(2)14-19(27)25(37)35-26-34-21-9-7-18(13-23(21)39-26)38-17-6-8-20(29)22(12-17)33-24(36)11-15-4-3-5-16(10-15)28(30,31)32/h3-10,12-13,19H,11,14H2,1-2H3,(H,33,36)(H,34,35,37)/t19-/m0/s1. The zero-order valence-corrected chi connectivity index (χ0v) is 21.7. The number of carbonyl (C=O) groups excluding carboxylic acids is 2. The molecule has 0 bridgehead atoms. The number of nitrogens with zero attached hydrogens (tertiary/aromatic N) is 1. The highest BCUT2D eigenvalue weighted by atomic mass is 32.1. The molecule has 1 heterocycles. The van der Waals surface area contributed by atoms with Gasteiger partial charge in [0.1, 0.15) is 17.3 Å². The van der Waals surface area contributed by atoms with Crippen molar-refractivity contribution in [2.45, 2.75) is 32.9 Å². The number of hydrogen-bond donors (Lipinski definition) is 2. The van der Waals surface area contributed by atoms with Gasteiger partial charge < -0.3 is 15.4 Å². The summed E-state index contributed by atoms with van der Waals surface area (Å²) in [6, 6.07) is 13.3. The van der Waals surface area contributed by atoms with E-state index in [1.54, 1.807) is 18.2 Å². The number of aromatic nitrogens is 1. The van der Waals surface area contributed by atoms with E-state index in [1.165, 1.54) is 35.6 Å². The third-order valence-electron chi connectivity index (χ3n) is 6.49. The van der Waals surface area contributed by atoms with Gasteiger partial charge in [0.05, 0.1) is 27.9 Å². The first-order valence-electron chi connectivity index (χ1n) is 12.0. The molecule has 1 aromatic heterocycles. The fourth-order valence-electron chi connectivity index (χ4n) is 4.17. The van der Waals surface area contributed by atoms with Gasteiger partial charge in [-0.15, -0.1) is 0 Å². The van der Waals surface area contributed by atoms with Crippen LogP contribution in [-0.2, 0) is 22.2 Å². The molecule has 11 heteroatoms. The van der Waals surface area contributed by atoms with E-state index in [0.29, 0.717) is 16.4 Å². The van der Waals surface area contributed by atoms with Crippen LogP contribution in [0, 0.1) is 17.2 Å². The molecule has 2 N–H and O–H groups in total. The number of rotatable bonds is 7. The predicted octanol–water partition coefficient (Wildman–Crippen LogP) is 7.41. The van der Waals surface area contributed by atoms with Crippen molar-refractivity contribution in [3.63, 3.8) is 0 Å². The molecule has 3 aromatic carbocycles. The molecule has 4 aromatic rings. The first kappa shape index (κ1) is 26.6. The Morgan fingerprint density at radius 3 is 2.49 bits per heavy atom. The summed E-state index contributed by atoms with van der Waals surface area (Å²) in [4.78, 5) is 29.3. The van der Waals surface area contributed by atoms with Crippen LogP contribution in [0.15, 0.2) is 60.7 Å². The fraction of sp³-hybridized carbons (Fsp3) is 0.250. The minimum atomic E-state index is -4.53. The van der Waals surface area contributed by atoms with Crippen molar-refractivity contribution in [2.75, 3.05) is 10.6 Å². The number of fused-ring (bicyclic) bond motifs is 1. The SMILES string of the molecule is CC1(C)C[C@H]1C(=O)Nc1nc2ccc(Oc3ccc(F)c(NC(=O)Cc4cccc(C(F)(F)F)c4)c3)cc2s1. The van der Waals surface area contributed by atoms with Gasteiger partial charge in [-0.2, -0.15) is 13.2 Å². The molecule has 1 aliphatic carbocycles. The van der Waals surface area contributed by atoms with Crippen molar-refractivity contribution in [1.82, 2.24) is 4.98 Å². The lowest BCUT2D eigenvalue weighted by atomic mass is 10.1. The lowest BCUT2D eigenvalue weighted by Gasteiger charge is -2.11. The summed E-state index contributed by atoms with van der Waals surface area (Å²) in [5.41, 5.74) is -0.207. The molecule has 1 saturated carbocycles. The summed E-state index contributed by atoms with van der Waals surface area (Å²) in [7, 11) is 0. The van der Waals surface area contributed by atoms with E-state index >= 15 is 0 Å². The summed E-state index contributed by atoms with van der Waals surface area (Å²) in [5, 5.41) is 5.75. The molecule has 0 radical (unpaired) electrons. The normalized spacial score (nSPS) is 16.1. The maximum Gasteiger partial charge on any atom is 0.416 e. The van der Waals surface area contributed by atoms with Crippen LogP contribution in [-0.4, -0.2) is 16.8 Å². The molecule has 0 unspecified atom stereocenters. The van der Waals surface area contributed by atoms with Crippen LogP contribution < -0.4 is 15.4 Å². The largest absolute Gasteiger partial charge is 0.457 e. The van der Waals surface area contributed by atoms with Gasteiger partial charge in [0, 0.05) is 18.1 Å².